The molecule has 0 saturated carbocycles. The topological polar surface area (TPSA) is 83.6 Å². The Bertz CT molecular complexity index is 650. The predicted octanol–water partition coefficient (Wildman–Crippen LogP) is 2.48. The number of aromatic nitrogens is 1. The molecule has 2 aromatic heterocycles. The number of carboxylic acids is 1. The minimum absolute atomic E-state index is 0.00946. The van der Waals surface area contributed by atoms with Crippen molar-refractivity contribution in [1.82, 2.24) is 9.88 Å². The lowest BCUT2D eigenvalue weighted by Crippen LogP contribution is -2.37. The van der Waals surface area contributed by atoms with Gasteiger partial charge in [-0.3, -0.25) is 9.59 Å². The van der Waals surface area contributed by atoms with Gasteiger partial charge in [-0.25, -0.2) is 4.98 Å². The van der Waals surface area contributed by atoms with Crippen molar-refractivity contribution in [3.05, 3.63) is 29.7 Å². The molecule has 0 aliphatic carbocycles. The summed E-state index contributed by atoms with van der Waals surface area (Å²) in [6.45, 7) is 0.593. The Morgan fingerprint density at radius 3 is 3.10 bits per heavy atom. The number of carbonyl (C=O) groups excluding carboxylic acids is 1. The predicted molar refractivity (Wildman–Crippen MR) is 76.1 cm³/mol. The van der Waals surface area contributed by atoms with Gasteiger partial charge in [-0.15, -0.1) is 11.3 Å². The second kappa shape index (κ2) is 5.69. The highest BCUT2D eigenvalue weighted by Gasteiger charge is 2.32. The van der Waals surface area contributed by atoms with Crippen molar-refractivity contribution < 1.29 is 19.1 Å². The van der Waals surface area contributed by atoms with Crippen LogP contribution in [0.3, 0.4) is 0 Å². The Hall–Kier alpha value is -2.15. The van der Waals surface area contributed by atoms with E-state index < -0.39 is 5.97 Å². The van der Waals surface area contributed by atoms with Crippen LogP contribution in [0.15, 0.2) is 28.4 Å². The zero-order valence-electron chi connectivity index (χ0n) is 11.2. The quantitative estimate of drug-likeness (QED) is 0.938. The fourth-order valence-corrected chi connectivity index (χ4v) is 3.33. The maximum atomic E-state index is 12.5. The van der Waals surface area contributed by atoms with Gasteiger partial charge >= 0.3 is 5.97 Å². The molecule has 0 spiro atoms. The molecule has 6 nitrogen and oxygen atoms in total. The van der Waals surface area contributed by atoms with E-state index in [0.717, 1.165) is 23.4 Å². The van der Waals surface area contributed by atoms with Crippen molar-refractivity contribution in [3.63, 3.8) is 0 Å². The number of hydrogen-bond acceptors (Lipinski definition) is 5. The zero-order chi connectivity index (χ0) is 14.8. The third kappa shape index (κ3) is 2.82. The van der Waals surface area contributed by atoms with Crippen molar-refractivity contribution in [2.45, 2.75) is 25.3 Å². The molecule has 7 heteroatoms. The Morgan fingerprint density at radius 1 is 1.52 bits per heavy atom. The van der Waals surface area contributed by atoms with Gasteiger partial charge in [0.25, 0.3) is 5.91 Å². The van der Waals surface area contributed by atoms with Crippen molar-refractivity contribution in [2.75, 3.05) is 6.54 Å². The standard InChI is InChI=1S/C14H14N2O4S/c17-12(18)6-10-2-1-4-16(10)14(19)11-8-21-13(15-11)9-3-5-20-7-9/h3,5,7-8,10H,1-2,4,6H2,(H,17,18). The van der Waals surface area contributed by atoms with Crippen LogP contribution in [0.1, 0.15) is 29.8 Å². The number of likely N-dealkylation sites (tertiary alicyclic amines) is 1. The van der Waals surface area contributed by atoms with E-state index in [1.807, 2.05) is 0 Å². The Morgan fingerprint density at radius 2 is 2.38 bits per heavy atom. The Kier molecular flexibility index (Phi) is 3.74. The molecule has 2 aromatic rings. The van der Waals surface area contributed by atoms with Crippen LogP contribution >= 0.6 is 11.3 Å². The molecule has 110 valence electrons. The van der Waals surface area contributed by atoms with Gasteiger partial charge in [0, 0.05) is 23.5 Å². The molecule has 3 rings (SSSR count). The van der Waals surface area contributed by atoms with Crippen LogP contribution in [0.25, 0.3) is 10.6 Å². The van der Waals surface area contributed by atoms with E-state index in [4.69, 9.17) is 9.52 Å². The Labute approximate surface area is 125 Å². The summed E-state index contributed by atoms with van der Waals surface area (Å²) in [5.41, 5.74) is 1.20. The average molecular weight is 306 g/mol. The maximum Gasteiger partial charge on any atom is 0.305 e. The summed E-state index contributed by atoms with van der Waals surface area (Å²) in [5, 5.41) is 11.3. The first-order valence-corrected chi connectivity index (χ1v) is 7.54. The second-order valence-electron chi connectivity index (χ2n) is 4.94. The molecule has 1 unspecified atom stereocenters. The molecule has 1 saturated heterocycles. The van der Waals surface area contributed by atoms with Crippen LogP contribution < -0.4 is 0 Å². The van der Waals surface area contributed by atoms with E-state index in [-0.39, 0.29) is 18.4 Å². The van der Waals surface area contributed by atoms with E-state index in [1.165, 1.54) is 11.3 Å². The van der Waals surface area contributed by atoms with Crippen LogP contribution in [-0.2, 0) is 4.79 Å². The molecule has 1 atom stereocenters. The van der Waals surface area contributed by atoms with Gasteiger partial charge in [0.1, 0.15) is 17.0 Å². The zero-order valence-corrected chi connectivity index (χ0v) is 12.0. The second-order valence-corrected chi connectivity index (χ2v) is 5.80. The fraction of sp³-hybridized carbons (Fsp3) is 0.357. The largest absolute Gasteiger partial charge is 0.481 e. The summed E-state index contributed by atoms with van der Waals surface area (Å²) in [7, 11) is 0. The van der Waals surface area contributed by atoms with E-state index in [1.54, 1.807) is 28.9 Å². The SMILES string of the molecule is O=C(O)CC1CCCN1C(=O)c1csc(-c2ccoc2)n1. The molecule has 0 aromatic carbocycles. The Balaban J connectivity index is 1.77. The van der Waals surface area contributed by atoms with Crippen LogP contribution in [0.5, 0.6) is 0 Å². The van der Waals surface area contributed by atoms with Crippen LogP contribution in [0.2, 0.25) is 0 Å². The lowest BCUT2D eigenvalue weighted by molar-refractivity contribution is -0.137. The van der Waals surface area contributed by atoms with Crippen LogP contribution in [-0.4, -0.2) is 39.5 Å². The van der Waals surface area contributed by atoms with Crippen LogP contribution in [0.4, 0.5) is 0 Å². The van der Waals surface area contributed by atoms with Gasteiger partial charge in [0.15, 0.2) is 0 Å². The number of hydrogen-bond donors (Lipinski definition) is 1. The normalized spacial score (nSPS) is 18.1. The van der Waals surface area contributed by atoms with E-state index in [2.05, 4.69) is 4.98 Å². The lowest BCUT2D eigenvalue weighted by atomic mass is 10.1. The number of furan rings is 1. The molecule has 0 bridgehead atoms. The van der Waals surface area contributed by atoms with Crippen molar-refractivity contribution in [1.29, 1.82) is 0 Å². The number of thiazole rings is 1. The molecule has 1 amide bonds. The molecule has 3 heterocycles. The number of carbonyl (C=O) groups is 2. The third-order valence-electron chi connectivity index (χ3n) is 3.54. The minimum Gasteiger partial charge on any atom is -0.481 e. The van der Waals surface area contributed by atoms with Crippen LogP contribution in [0, 0.1) is 0 Å². The first kappa shape index (κ1) is 13.8. The van der Waals surface area contributed by atoms with E-state index in [9.17, 15) is 9.59 Å². The molecule has 1 aliphatic rings. The molecule has 1 N–H and O–H groups in total. The van der Waals surface area contributed by atoms with Gasteiger partial charge < -0.3 is 14.4 Å². The lowest BCUT2D eigenvalue weighted by Gasteiger charge is -2.22. The molecule has 1 fully saturated rings. The first-order chi connectivity index (χ1) is 10.1. The van der Waals surface area contributed by atoms with Gasteiger partial charge in [0.05, 0.1) is 12.7 Å². The summed E-state index contributed by atoms with van der Waals surface area (Å²) in [6, 6.07) is 1.56. The molecule has 0 radical (unpaired) electrons. The summed E-state index contributed by atoms with van der Waals surface area (Å²) < 4.78 is 5.01. The number of rotatable bonds is 4. The summed E-state index contributed by atoms with van der Waals surface area (Å²) in [6.07, 6.45) is 4.70. The van der Waals surface area contributed by atoms with Crippen molar-refractivity contribution >= 4 is 23.2 Å². The molecular weight excluding hydrogens is 292 g/mol. The fourth-order valence-electron chi connectivity index (χ4n) is 2.55. The molecular formula is C14H14N2O4S. The van der Waals surface area contributed by atoms with Gasteiger partial charge in [-0.2, -0.15) is 0 Å². The van der Waals surface area contributed by atoms with Gasteiger partial charge in [0.2, 0.25) is 0 Å². The highest BCUT2D eigenvalue weighted by Crippen LogP contribution is 2.27. The van der Waals surface area contributed by atoms with Crippen molar-refractivity contribution in [3.8, 4) is 10.6 Å². The first-order valence-electron chi connectivity index (χ1n) is 6.66. The number of amides is 1. The van der Waals surface area contributed by atoms with E-state index in [0.29, 0.717) is 12.2 Å². The van der Waals surface area contributed by atoms with Gasteiger partial charge in [-0.1, -0.05) is 0 Å². The third-order valence-corrected chi connectivity index (χ3v) is 4.43. The van der Waals surface area contributed by atoms with Crippen molar-refractivity contribution in [2.24, 2.45) is 0 Å². The number of nitrogens with zero attached hydrogens (tertiary/aromatic N) is 2. The maximum absolute atomic E-state index is 12.5. The highest BCUT2D eigenvalue weighted by molar-refractivity contribution is 7.13. The summed E-state index contributed by atoms with van der Waals surface area (Å²) in [5.74, 6) is -1.07. The number of aliphatic carboxylic acids is 1. The minimum atomic E-state index is -0.878. The highest BCUT2D eigenvalue weighted by atomic mass is 32.1. The summed E-state index contributed by atoms with van der Waals surface area (Å²) >= 11 is 1.37. The molecule has 1 aliphatic heterocycles. The smallest absolute Gasteiger partial charge is 0.305 e. The van der Waals surface area contributed by atoms with Gasteiger partial charge in [-0.05, 0) is 18.9 Å². The molecule has 21 heavy (non-hydrogen) atoms. The van der Waals surface area contributed by atoms with E-state index >= 15 is 0 Å². The average Bonchev–Trinajstić information content (AvgIpc) is 3.18. The number of carboxylic acid groups (broad SMARTS) is 1. The summed E-state index contributed by atoms with van der Waals surface area (Å²) in [4.78, 5) is 29.3. The monoisotopic (exact) mass is 306 g/mol.